The molecule has 0 aliphatic carbocycles. The second kappa shape index (κ2) is 6.37. The molecule has 2 aromatic rings. The SMILES string of the molecule is CCCOc1ccc2ccccc2c1C(=O)CCC. The molecule has 0 radical (unpaired) electrons. The minimum absolute atomic E-state index is 0.172. The molecule has 2 heteroatoms. The van der Waals surface area contributed by atoms with Crippen LogP contribution >= 0.6 is 0 Å². The minimum Gasteiger partial charge on any atom is -0.493 e. The third kappa shape index (κ3) is 2.95. The summed E-state index contributed by atoms with van der Waals surface area (Å²) in [6.07, 6.45) is 2.36. The predicted octanol–water partition coefficient (Wildman–Crippen LogP) is 4.61. The van der Waals surface area contributed by atoms with Crippen LogP contribution in [0.4, 0.5) is 0 Å². The van der Waals surface area contributed by atoms with Crippen molar-refractivity contribution < 1.29 is 9.53 Å². The zero-order valence-corrected chi connectivity index (χ0v) is 11.6. The van der Waals surface area contributed by atoms with Gasteiger partial charge < -0.3 is 4.74 Å². The number of Topliss-reactive ketones (excluding diaryl/α,β-unsaturated/α-hetero) is 1. The lowest BCUT2D eigenvalue weighted by molar-refractivity contribution is 0.0979. The molecular formula is C17H20O2. The number of fused-ring (bicyclic) bond motifs is 1. The molecule has 0 aliphatic rings. The van der Waals surface area contributed by atoms with Gasteiger partial charge in [0, 0.05) is 6.42 Å². The van der Waals surface area contributed by atoms with Crippen molar-refractivity contribution in [3.63, 3.8) is 0 Å². The van der Waals surface area contributed by atoms with Crippen molar-refractivity contribution >= 4 is 16.6 Å². The first-order chi connectivity index (χ1) is 9.27. The van der Waals surface area contributed by atoms with Gasteiger partial charge in [0.1, 0.15) is 5.75 Å². The Morgan fingerprint density at radius 2 is 1.84 bits per heavy atom. The van der Waals surface area contributed by atoms with Gasteiger partial charge in [-0.25, -0.2) is 0 Å². The van der Waals surface area contributed by atoms with Gasteiger partial charge in [0.05, 0.1) is 12.2 Å². The Kier molecular flexibility index (Phi) is 4.56. The fraction of sp³-hybridized carbons (Fsp3) is 0.353. The summed E-state index contributed by atoms with van der Waals surface area (Å²) < 4.78 is 5.74. The number of rotatable bonds is 6. The highest BCUT2D eigenvalue weighted by Crippen LogP contribution is 2.29. The van der Waals surface area contributed by atoms with Crippen LogP contribution in [0.1, 0.15) is 43.5 Å². The van der Waals surface area contributed by atoms with Crippen LogP contribution in [0.25, 0.3) is 10.8 Å². The Balaban J connectivity index is 2.54. The summed E-state index contributed by atoms with van der Waals surface area (Å²) in [6.45, 7) is 4.73. The van der Waals surface area contributed by atoms with E-state index in [1.54, 1.807) is 0 Å². The number of hydrogen-bond donors (Lipinski definition) is 0. The lowest BCUT2D eigenvalue weighted by Crippen LogP contribution is -2.05. The van der Waals surface area contributed by atoms with Crippen LogP contribution in [0.2, 0.25) is 0 Å². The number of benzene rings is 2. The molecule has 0 unspecified atom stereocenters. The summed E-state index contributed by atoms with van der Waals surface area (Å²) in [4.78, 5) is 12.4. The number of hydrogen-bond acceptors (Lipinski definition) is 2. The standard InChI is InChI=1S/C17H20O2/c1-3-7-15(18)17-14-9-6-5-8-13(14)10-11-16(17)19-12-4-2/h5-6,8-11H,3-4,7,12H2,1-2H3. The van der Waals surface area contributed by atoms with Crippen LogP contribution in [-0.4, -0.2) is 12.4 Å². The molecule has 2 nitrogen and oxygen atoms in total. The minimum atomic E-state index is 0.172. The van der Waals surface area contributed by atoms with E-state index in [9.17, 15) is 4.79 Å². The summed E-state index contributed by atoms with van der Waals surface area (Å²) in [5, 5.41) is 2.08. The topological polar surface area (TPSA) is 26.3 Å². The summed E-state index contributed by atoms with van der Waals surface area (Å²) in [5.74, 6) is 0.893. The quantitative estimate of drug-likeness (QED) is 0.705. The summed E-state index contributed by atoms with van der Waals surface area (Å²) in [5.41, 5.74) is 0.744. The predicted molar refractivity (Wildman–Crippen MR) is 79.0 cm³/mol. The van der Waals surface area contributed by atoms with E-state index in [1.165, 1.54) is 0 Å². The third-order valence-electron chi connectivity index (χ3n) is 3.11. The highest BCUT2D eigenvalue weighted by molar-refractivity contribution is 6.10. The van der Waals surface area contributed by atoms with Gasteiger partial charge in [0.15, 0.2) is 5.78 Å². The van der Waals surface area contributed by atoms with Crippen LogP contribution in [0.15, 0.2) is 36.4 Å². The molecule has 0 saturated heterocycles. The van der Waals surface area contributed by atoms with Crippen molar-refractivity contribution in [2.45, 2.75) is 33.1 Å². The Bertz CT molecular complexity index is 572. The molecule has 0 atom stereocenters. The molecule has 0 aromatic heterocycles. The molecule has 0 amide bonds. The maximum atomic E-state index is 12.4. The first kappa shape index (κ1) is 13.6. The van der Waals surface area contributed by atoms with Gasteiger partial charge >= 0.3 is 0 Å². The van der Waals surface area contributed by atoms with E-state index in [1.807, 2.05) is 43.3 Å². The van der Waals surface area contributed by atoms with Crippen molar-refractivity contribution in [1.82, 2.24) is 0 Å². The van der Waals surface area contributed by atoms with Gasteiger partial charge in [-0.05, 0) is 29.7 Å². The Morgan fingerprint density at radius 1 is 1.05 bits per heavy atom. The molecule has 0 saturated carbocycles. The molecule has 0 N–H and O–H groups in total. The third-order valence-corrected chi connectivity index (χ3v) is 3.11. The lowest BCUT2D eigenvalue weighted by Gasteiger charge is -2.13. The average molecular weight is 256 g/mol. The van der Waals surface area contributed by atoms with E-state index >= 15 is 0 Å². The van der Waals surface area contributed by atoms with Crippen LogP contribution < -0.4 is 4.74 Å². The van der Waals surface area contributed by atoms with E-state index in [2.05, 4.69) is 6.92 Å². The smallest absolute Gasteiger partial charge is 0.167 e. The van der Waals surface area contributed by atoms with Crippen LogP contribution in [0, 0.1) is 0 Å². The molecule has 0 heterocycles. The summed E-state index contributed by atoms with van der Waals surface area (Å²) in [6, 6.07) is 11.9. The van der Waals surface area contributed by atoms with Gasteiger partial charge in [-0.15, -0.1) is 0 Å². The van der Waals surface area contributed by atoms with Crippen molar-refractivity contribution in [2.24, 2.45) is 0 Å². The Hall–Kier alpha value is -1.83. The van der Waals surface area contributed by atoms with Crippen molar-refractivity contribution in [2.75, 3.05) is 6.61 Å². The number of ether oxygens (including phenoxy) is 1. The maximum Gasteiger partial charge on any atom is 0.167 e. The molecule has 19 heavy (non-hydrogen) atoms. The fourth-order valence-electron chi connectivity index (χ4n) is 2.22. The largest absolute Gasteiger partial charge is 0.493 e. The molecule has 0 aliphatic heterocycles. The van der Waals surface area contributed by atoms with E-state index in [-0.39, 0.29) is 5.78 Å². The van der Waals surface area contributed by atoms with Gasteiger partial charge in [-0.2, -0.15) is 0 Å². The molecule has 0 fully saturated rings. The maximum absolute atomic E-state index is 12.4. The van der Waals surface area contributed by atoms with Gasteiger partial charge in [-0.1, -0.05) is 44.2 Å². The zero-order valence-electron chi connectivity index (χ0n) is 11.6. The molecular weight excluding hydrogens is 236 g/mol. The summed E-state index contributed by atoms with van der Waals surface area (Å²) >= 11 is 0. The molecule has 0 bridgehead atoms. The normalized spacial score (nSPS) is 10.6. The van der Waals surface area contributed by atoms with Crippen molar-refractivity contribution in [3.05, 3.63) is 42.0 Å². The highest BCUT2D eigenvalue weighted by Gasteiger charge is 2.15. The van der Waals surface area contributed by atoms with E-state index in [4.69, 9.17) is 4.74 Å². The number of carbonyl (C=O) groups excluding carboxylic acids is 1. The second-order valence-electron chi connectivity index (χ2n) is 4.68. The average Bonchev–Trinajstić information content (AvgIpc) is 2.44. The number of ketones is 1. The molecule has 2 aromatic carbocycles. The van der Waals surface area contributed by atoms with E-state index in [0.29, 0.717) is 13.0 Å². The van der Waals surface area contributed by atoms with Crippen LogP contribution in [-0.2, 0) is 0 Å². The highest BCUT2D eigenvalue weighted by atomic mass is 16.5. The Labute approximate surface area is 114 Å². The van der Waals surface area contributed by atoms with Crippen LogP contribution in [0.3, 0.4) is 0 Å². The van der Waals surface area contributed by atoms with E-state index in [0.717, 1.165) is 34.9 Å². The second-order valence-corrected chi connectivity index (χ2v) is 4.68. The fourth-order valence-corrected chi connectivity index (χ4v) is 2.22. The Morgan fingerprint density at radius 3 is 2.58 bits per heavy atom. The molecule has 2 rings (SSSR count). The molecule has 100 valence electrons. The molecule has 0 spiro atoms. The zero-order chi connectivity index (χ0) is 13.7. The number of carbonyl (C=O) groups is 1. The van der Waals surface area contributed by atoms with E-state index < -0.39 is 0 Å². The summed E-state index contributed by atoms with van der Waals surface area (Å²) in [7, 11) is 0. The first-order valence-electron chi connectivity index (χ1n) is 6.95. The van der Waals surface area contributed by atoms with Gasteiger partial charge in [0.2, 0.25) is 0 Å². The lowest BCUT2D eigenvalue weighted by atomic mass is 9.98. The van der Waals surface area contributed by atoms with Gasteiger partial charge in [0.25, 0.3) is 0 Å². The first-order valence-corrected chi connectivity index (χ1v) is 6.95. The van der Waals surface area contributed by atoms with Crippen molar-refractivity contribution in [1.29, 1.82) is 0 Å². The van der Waals surface area contributed by atoms with Crippen LogP contribution in [0.5, 0.6) is 5.75 Å². The van der Waals surface area contributed by atoms with Gasteiger partial charge in [-0.3, -0.25) is 4.79 Å². The monoisotopic (exact) mass is 256 g/mol. The van der Waals surface area contributed by atoms with Crippen molar-refractivity contribution in [3.8, 4) is 5.75 Å².